The molecular formula is C9H11ClF3NO3. The molecule has 1 rings (SSSR count). The minimum Gasteiger partial charge on any atom is -0.508 e. The number of rotatable bonds is 2. The predicted octanol–water partition coefficient (Wildman–Crippen LogP) is 2.18. The van der Waals surface area contributed by atoms with E-state index in [0.717, 1.165) is 12.1 Å². The normalized spacial score (nSPS) is 12.9. The van der Waals surface area contributed by atoms with E-state index in [1.807, 2.05) is 0 Å². The monoisotopic (exact) mass is 273 g/mol. The maximum absolute atomic E-state index is 12.0. The maximum Gasteiger partial charge on any atom is 0.390 e. The van der Waals surface area contributed by atoms with Gasteiger partial charge in [-0.05, 0) is 0 Å². The van der Waals surface area contributed by atoms with Crippen LogP contribution in [0.3, 0.4) is 0 Å². The van der Waals surface area contributed by atoms with Gasteiger partial charge in [-0.3, -0.25) is 0 Å². The van der Waals surface area contributed by atoms with Gasteiger partial charge in [0.05, 0.1) is 12.0 Å². The number of aromatic hydroxyl groups is 3. The summed E-state index contributed by atoms with van der Waals surface area (Å²) in [5.41, 5.74) is 4.78. The number of hydrogen-bond donors (Lipinski definition) is 4. The Morgan fingerprint density at radius 3 is 1.88 bits per heavy atom. The van der Waals surface area contributed by atoms with Crippen LogP contribution in [0.4, 0.5) is 13.2 Å². The van der Waals surface area contributed by atoms with Crippen LogP contribution in [0.2, 0.25) is 0 Å². The van der Waals surface area contributed by atoms with Crippen molar-refractivity contribution < 1.29 is 28.5 Å². The maximum atomic E-state index is 12.0. The van der Waals surface area contributed by atoms with E-state index in [1.165, 1.54) is 0 Å². The number of halogens is 4. The topological polar surface area (TPSA) is 86.7 Å². The molecule has 0 saturated carbocycles. The van der Waals surface area contributed by atoms with Crippen LogP contribution in [-0.2, 0) is 0 Å². The quantitative estimate of drug-likeness (QED) is 0.665. The molecule has 0 spiro atoms. The van der Waals surface area contributed by atoms with Crippen molar-refractivity contribution in [2.24, 2.45) is 5.73 Å². The number of phenols is 3. The number of phenolic OH excluding ortho intramolecular Hbond substituents is 3. The third-order valence-electron chi connectivity index (χ3n) is 1.94. The Morgan fingerprint density at radius 1 is 1.12 bits per heavy atom. The average Bonchev–Trinajstić information content (AvgIpc) is 1.96. The largest absolute Gasteiger partial charge is 0.508 e. The van der Waals surface area contributed by atoms with E-state index >= 15 is 0 Å². The summed E-state index contributed by atoms with van der Waals surface area (Å²) in [7, 11) is 0. The van der Waals surface area contributed by atoms with E-state index in [-0.39, 0.29) is 12.4 Å². The van der Waals surface area contributed by atoms with E-state index < -0.39 is 41.5 Å². The number of benzene rings is 1. The van der Waals surface area contributed by atoms with Crippen molar-refractivity contribution >= 4 is 12.4 Å². The summed E-state index contributed by atoms with van der Waals surface area (Å²) in [5.74, 6) is -1.80. The third kappa shape index (κ3) is 4.20. The molecule has 0 heterocycles. The molecule has 0 radical (unpaired) electrons. The molecule has 4 nitrogen and oxygen atoms in total. The van der Waals surface area contributed by atoms with E-state index in [9.17, 15) is 23.4 Å². The summed E-state index contributed by atoms with van der Waals surface area (Å²) in [6.45, 7) is 0. The lowest BCUT2D eigenvalue weighted by Gasteiger charge is -2.17. The molecule has 0 aliphatic rings. The SMILES string of the molecule is Cl.N[C@H](CC(F)(F)F)c1c(O)cc(O)cc1O. The standard InChI is InChI=1S/C9H10F3NO3.ClH/c10-9(11,12)3-5(13)8-6(15)1-4(14)2-7(8)16;/h1-2,5,14-16H,3,13H2;1H/t5-;/m1./s1. The van der Waals surface area contributed by atoms with Crippen molar-refractivity contribution in [3.63, 3.8) is 0 Å². The molecule has 0 bridgehead atoms. The summed E-state index contributed by atoms with van der Waals surface area (Å²) >= 11 is 0. The van der Waals surface area contributed by atoms with Gasteiger partial charge in [0.2, 0.25) is 0 Å². The zero-order valence-electron chi connectivity index (χ0n) is 8.40. The molecule has 0 aliphatic heterocycles. The molecule has 0 aliphatic carbocycles. The molecule has 1 atom stereocenters. The van der Waals surface area contributed by atoms with Crippen molar-refractivity contribution in [1.82, 2.24) is 0 Å². The lowest BCUT2D eigenvalue weighted by atomic mass is 10.0. The molecule has 1 aromatic rings. The van der Waals surface area contributed by atoms with Crippen LogP contribution in [0, 0.1) is 0 Å². The van der Waals surface area contributed by atoms with Crippen LogP contribution in [-0.4, -0.2) is 21.5 Å². The molecule has 8 heteroatoms. The van der Waals surface area contributed by atoms with Crippen molar-refractivity contribution in [2.45, 2.75) is 18.6 Å². The molecule has 0 amide bonds. The van der Waals surface area contributed by atoms with Gasteiger partial charge >= 0.3 is 6.18 Å². The molecule has 17 heavy (non-hydrogen) atoms. The molecule has 98 valence electrons. The first kappa shape index (κ1) is 15.7. The van der Waals surface area contributed by atoms with Gasteiger partial charge < -0.3 is 21.1 Å². The Kier molecular flexibility index (Phi) is 4.91. The van der Waals surface area contributed by atoms with Gasteiger partial charge in [-0.1, -0.05) is 0 Å². The first-order chi connectivity index (χ1) is 7.20. The van der Waals surface area contributed by atoms with Crippen molar-refractivity contribution in [3.8, 4) is 17.2 Å². The Hall–Kier alpha value is -1.34. The number of nitrogens with two attached hydrogens (primary N) is 1. The second kappa shape index (κ2) is 5.33. The van der Waals surface area contributed by atoms with Crippen LogP contribution in [0.25, 0.3) is 0 Å². The summed E-state index contributed by atoms with van der Waals surface area (Å²) in [6.07, 6.45) is -5.88. The van der Waals surface area contributed by atoms with Crippen molar-refractivity contribution in [1.29, 1.82) is 0 Å². The van der Waals surface area contributed by atoms with Gasteiger partial charge in [0, 0.05) is 18.2 Å². The van der Waals surface area contributed by atoms with E-state index in [1.54, 1.807) is 0 Å². The minimum absolute atomic E-state index is 0. The summed E-state index contributed by atoms with van der Waals surface area (Å²) in [6, 6.07) is 0.0388. The van der Waals surface area contributed by atoms with Crippen LogP contribution >= 0.6 is 12.4 Å². The summed E-state index contributed by atoms with van der Waals surface area (Å²) in [5, 5.41) is 27.5. The smallest absolute Gasteiger partial charge is 0.390 e. The Morgan fingerprint density at radius 2 is 1.53 bits per heavy atom. The Bertz CT molecular complexity index is 375. The fourth-order valence-corrected chi connectivity index (χ4v) is 1.34. The van der Waals surface area contributed by atoms with Gasteiger partial charge in [0.15, 0.2) is 0 Å². The minimum atomic E-state index is -4.50. The van der Waals surface area contributed by atoms with Crippen molar-refractivity contribution in [2.75, 3.05) is 0 Å². The van der Waals surface area contributed by atoms with Gasteiger partial charge in [-0.25, -0.2) is 0 Å². The van der Waals surface area contributed by atoms with E-state index in [2.05, 4.69) is 0 Å². The zero-order chi connectivity index (χ0) is 12.5. The van der Waals surface area contributed by atoms with Gasteiger partial charge in [-0.15, -0.1) is 12.4 Å². The molecular weight excluding hydrogens is 263 g/mol. The van der Waals surface area contributed by atoms with Crippen LogP contribution in [0.1, 0.15) is 18.0 Å². The lowest BCUT2D eigenvalue weighted by molar-refractivity contribution is -0.138. The van der Waals surface area contributed by atoms with Crippen LogP contribution in [0.5, 0.6) is 17.2 Å². The summed E-state index contributed by atoms with van der Waals surface area (Å²) in [4.78, 5) is 0. The van der Waals surface area contributed by atoms with Gasteiger partial charge in [-0.2, -0.15) is 13.2 Å². The highest BCUT2D eigenvalue weighted by Gasteiger charge is 2.33. The van der Waals surface area contributed by atoms with Crippen LogP contribution < -0.4 is 5.73 Å². The highest BCUT2D eigenvalue weighted by molar-refractivity contribution is 5.85. The highest BCUT2D eigenvalue weighted by Crippen LogP contribution is 2.39. The molecule has 0 unspecified atom stereocenters. The molecule has 0 saturated heterocycles. The molecule has 5 N–H and O–H groups in total. The molecule has 0 fully saturated rings. The predicted molar refractivity (Wildman–Crippen MR) is 56.3 cm³/mol. The highest BCUT2D eigenvalue weighted by atomic mass is 35.5. The lowest BCUT2D eigenvalue weighted by Crippen LogP contribution is -2.20. The first-order valence-electron chi connectivity index (χ1n) is 4.28. The van der Waals surface area contributed by atoms with Gasteiger partial charge in [0.1, 0.15) is 17.2 Å². The Labute approximate surface area is 101 Å². The zero-order valence-corrected chi connectivity index (χ0v) is 9.22. The second-order valence-corrected chi connectivity index (χ2v) is 3.32. The van der Waals surface area contributed by atoms with Crippen LogP contribution in [0.15, 0.2) is 12.1 Å². The average molecular weight is 274 g/mol. The van der Waals surface area contributed by atoms with E-state index in [0.29, 0.717) is 0 Å². The number of alkyl halides is 3. The summed E-state index contributed by atoms with van der Waals surface area (Å²) < 4.78 is 36.1. The fourth-order valence-electron chi connectivity index (χ4n) is 1.34. The molecule has 1 aromatic carbocycles. The fraction of sp³-hybridized carbons (Fsp3) is 0.333. The van der Waals surface area contributed by atoms with Gasteiger partial charge in [0.25, 0.3) is 0 Å². The third-order valence-corrected chi connectivity index (χ3v) is 1.94. The molecule has 0 aromatic heterocycles. The van der Waals surface area contributed by atoms with Crippen molar-refractivity contribution in [3.05, 3.63) is 17.7 Å². The van der Waals surface area contributed by atoms with E-state index in [4.69, 9.17) is 10.8 Å². The number of hydrogen-bond acceptors (Lipinski definition) is 4. The Balaban J connectivity index is 0.00000256. The first-order valence-corrected chi connectivity index (χ1v) is 4.28. The second-order valence-electron chi connectivity index (χ2n) is 3.32.